The number of ether oxygens (including phenoxy) is 1. The Balaban J connectivity index is 1.82. The molecule has 2 N–H and O–H groups in total. The van der Waals surface area contributed by atoms with Crippen LogP contribution in [0.2, 0.25) is 0 Å². The highest BCUT2D eigenvalue weighted by Gasteiger charge is 2.20. The molecule has 0 aromatic heterocycles. The number of carbonyl (C=O) groups is 1. The van der Waals surface area contributed by atoms with Gasteiger partial charge in [-0.2, -0.15) is 0 Å². The average Bonchev–Trinajstić information content (AvgIpc) is 2.76. The van der Waals surface area contributed by atoms with Crippen LogP contribution in [-0.2, 0) is 10.0 Å². The maximum Gasteiger partial charge on any atom is 0.271 e. The quantitative estimate of drug-likeness (QED) is 0.404. The van der Waals surface area contributed by atoms with Gasteiger partial charge in [-0.1, -0.05) is 12.1 Å². The number of aryl methyl sites for hydroxylation is 1. The third kappa shape index (κ3) is 4.86. The first kappa shape index (κ1) is 22.8. The van der Waals surface area contributed by atoms with Crippen molar-refractivity contribution in [2.45, 2.75) is 18.7 Å². The van der Waals surface area contributed by atoms with E-state index in [4.69, 9.17) is 4.74 Å². The van der Waals surface area contributed by atoms with Crippen LogP contribution in [0.25, 0.3) is 0 Å². The van der Waals surface area contributed by atoms with Crippen LogP contribution < -0.4 is 14.8 Å². The highest BCUT2D eigenvalue weighted by molar-refractivity contribution is 7.92. The molecule has 0 fully saturated rings. The van der Waals surface area contributed by atoms with Crippen molar-refractivity contribution in [3.05, 3.63) is 87.5 Å². The fourth-order valence-electron chi connectivity index (χ4n) is 2.96. The number of anilines is 2. The van der Waals surface area contributed by atoms with Gasteiger partial charge in [0.1, 0.15) is 5.75 Å². The minimum atomic E-state index is -4.09. The fraction of sp³-hybridized carbons (Fsp3) is 0.136. The van der Waals surface area contributed by atoms with Crippen LogP contribution in [0.4, 0.5) is 17.1 Å². The van der Waals surface area contributed by atoms with Crippen molar-refractivity contribution < 1.29 is 22.9 Å². The lowest BCUT2D eigenvalue weighted by atomic mass is 10.1. The fourth-order valence-corrected chi connectivity index (χ4v) is 4.02. The zero-order valence-corrected chi connectivity index (χ0v) is 18.4. The van der Waals surface area contributed by atoms with Gasteiger partial charge in [-0.15, -0.1) is 0 Å². The van der Waals surface area contributed by atoms with Gasteiger partial charge in [0.25, 0.3) is 21.6 Å². The molecule has 1 amide bonds. The van der Waals surface area contributed by atoms with Gasteiger partial charge in [-0.25, -0.2) is 8.42 Å². The molecular weight excluding hydrogens is 434 g/mol. The summed E-state index contributed by atoms with van der Waals surface area (Å²) in [6, 6.07) is 14.5. The Morgan fingerprint density at radius 2 is 1.69 bits per heavy atom. The predicted octanol–water partition coefficient (Wildman–Crippen LogP) is 4.27. The van der Waals surface area contributed by atoms with E-state index in [-0.39, 0.29) is 33.5 Å². The summed E-state index contributed by atoms with van der Waals surface area (Å²) >= 11 is 0. The number of sulfonamides is 1. The molecule has 0 unspecified atom stereocenters. The molecule has 0 heterocycles. The number of hydrogen-bond donors (Lipinski definition) is 2. The number of amides is 1. The average molecular weight is 455 g/mol. The summed E-state index contributed by atoms with van der Waals surface area (Å²) in [5.74, 6) is -0.250. The number of nitrogens with zero attached hydrogens (tertiary/aromatic N) is 1. The molecule has 0 bridgehead atoms. The molecule has 3 rings (SSSR count). The van der Waals surface area contributed by atoms with Gasteiger partial charge in [0, 0.05) is 23.4 Å². The number of benzene rings is 3. The molecule has 0 aliphatic rings. The van der Waals surface area contributed by atoms with Crippen LogP contribution in [-0.4, -0.2) is 26.4 Å². The summed E-state index contributed by atoms with van der Waals surface area (Å²) in [6.45, 7) is 3.84. The van der Waals surface area contributed by atoms with E-state index >= 15 is 0 Å². The number of non-ortho nitro benzene ring substituents is 1. The monoisotopic (exact) mass is 455 g/mol. The number of nitrogens with one attached hydrogen (secondary N) is 2. The number of methoxy groups -OCH3 is 1. The lowest BCUT2D eigenvalue weighted by Crippen LogP contribution is -2.15. The van der Waals surface area contributed by atoms with Crippen molar-refractivity contribution in [3.8, 4) is 5.75 Å². The van der Waals surface area contributed by atoms with Gasteiger partial charge in [-0.3, -0.25) is 19.6 Å². The Kier molecular flexibility index (Phi) is 6.45. The molecule has 32 heavy (non-hydrogen) atoms. The summed E-state index contributed by atoms with van der Waals surface area (Å²) in [6.07, 6.45) is 0. The van der Waals surface area contributed by atoms with E-state index < -0.39 is 14.9 Å². The van der Waals surface area contributed by atoms with Gasteiger partial charge in [0.2, 0.25) is 0 Å². The van der Waals surface area contributed by atoms with Crippen LogP contribution in [0.1, 0.15) is 21.5 Å². The number of hydrogen-bond acceptors (Lipinski definition) is 6. The third-order valence-corrected chi connectivity index (χ3v) is 6.30. The minimum Gasteiger partial charge on any atom is -0.495 e. The number of rotatable bonds is 7. The van der Waals surface area contributed by atoms with Crippen molar-refractivity contribution in [1.29, 1.82) is 0 Å². The standard InChI is InChI=1S/C22H21N3O6S/c1-14-5-4-6-19(15(14)2)23-22(26)16-7-10-18(11-8-16)32(29,30)24-20-13-17(25(27)28)9-12-21(20)31-3/h4-13,24H,1-3H3,(H,23,26). The first-order chi connectivity index (χ1) is 15.1. The molecule has 0 atom stereocenters. The summed E-state index contributed by atoms with van der Waals surface area (Å²) in [4.78, 5) is 22.8. The van der Waals surface area contributed by atoms with E-state index in [1.807, 2.05) is 26.0 Å². The summed E-state index contributed by atoms with van der Waals surface area (Å²) in [7, 11) is -2.76. The van der Waals surface area contributed by atoms with Gasteiger partial charge in [0.05, 0.1) is 22.6 Å². The molecule has 0 radical (unpaired) electrons. The van der Waals surface area contributed by atoms with Crippen molar-refractivity contribution in [2.75, 3.05) is 17.1 Å². The molecular formula is C22H21N3O6S. The zero-order valence-electron chi connectivity index (χ0n) is 17.6. The largest absolute Gasteiger partial charge is 0.495 e. The Labute approximate surface area is 185 Å². The van der Waals surface area contributed by atoms with Gasteiger partial charge in [0.15, 0.2) is 0 Å². The van der Waals surface area contributed by atoms with E-state index in [0.29, 0.717) is 5.69 Å². The Hall–Kier alpha value is -3.92. The van der Waals surface area contributed by atoms with Gasteiger partial charge < -0.3 is 10.1 Å². The van der Waals surface area contributed by atoms with E-state index in [2.05, 4.69) is 10.0 Å². The van der Waals surface area contributed by atoms with E-state index in [0.717, 1.165) is 17.2 Å². The topological polar surface area (TPSA) is 128 Å². The van der Waals surface area contributed by atoms with Crippen LogP contribution in [0.3, 0.4) is 0 Å². The summed E-state index contributed by atoms with van der Waals surface area (Å²) in [5, 5.41) is 13.8. The first-order valence-electron chi connectivity index (χ1n) is 9.45. The second-order valence-corrected chi connectivity index (χ2v) is 8.66. The second-order valence-electron chi connectivity index (χ2n) is 6.97. The van der Waals surface area contributed by atoms with Crippen LogP contribution in [0.15, 0.2) is 65.6 Å². The van der Waals surface area contributed by atoms with Crippen molar-refractivity contribution in [3.63, 3.8) is 0 Å². The molecule has 3 aromatic rings. The van der Waals surface area contributed by atoms with Crippen LogP contribution in [0.5, 0.6) is 5.75 Å². The molecule has 0 saturated carbocycles. The third-order valence-electron chi connectivity index (χ3n) is 4.92. The molecule has 166 valence electrons. The second kappa shape index (κ2) is 9.06. The first-order valence-corrected chi connectivity index (χ1v) is 10.9. The zero-order chi connectivity index (χ0) is 23.5. The minimum absolute atomic E-state index is 0.0709. The molecule has 0 aliphatic carbocycles. The van der Waals surface area contributed by atoms with Crippen LogP contribution in [0, 0.1) is 24.0 Å². The number of nitro groups is 1. The highest BCUT2D eigenvalue weighted by Crippen LogP contribution is 2.31. The number of nitro benzene ring substituents is 1. The van der Waals surface area contributed by atoms with E-state index in [1.165, 1.54) is 43.5 Å². The van der Waals surface area contributed by atoms with Gasteiger partial charge in [-0.05, 0) is 61.4 Å². The van der Waals surface area contributed by atoms with Crippen molar-refractivity contribution >= 4 is 33.0 Å². The van der Waals surface area contributed by atoms with Crippen molar-refractivity contribution in [1.82, 2.24) is 0 Å². The van der Waals surface area contributed by atoms with Crippen molar-refractivity contribution in [2.24, 2.45) is 0 Å². The molecule has 9 nitrogen and oxygen atoms in total. The normalized spacial score (nSPS) is 11.0. The Morgan fingerprint density at radius 1 is 1.00 bits per heavy atom. The lowest BCUT2D eigenvalue weighted by molar-refractivity contribution is -0.384. The maximum absolute atomic E-state index is 12.8. The summed E-state index contributed by atoms with van der Waals surface area (Å²) in [5.41, 5.74) is 2.56. The molecule has 0 aliphatic heterocycles. The van der Waals surface area contributed by atoms with E-state index in [1.54, 1.807) is 6.07 Å². The molecule has 3 aromatic carbocycles. The highest BCUT2D eigenvalue weighted by atomic mass is 32.2. The molecule has 0 saturated heterocycles. The Bertz CT molecular complexity index is 1290. The molecule has 10 heteroatoms. The smallest absolute Gasteiger partial charge is 0.271 e. The maximum atomic E-state index is 12.8. The summed E-state index contributed by atoms with van der Waals surface area (Å²) < 4.78 is 32.9. The predicted molar refractivity (Wildman–Crippen MR) is 121 cm³/mol. The SMILES string of the molecule is COc1ccc([N+](=O)[O-])cc1NS(=O)(=O)c1ccc(C(=O)Nc2cccc(C)c2C)cc1. The van der Waals surface area contributed by atoms with Gasteiger partial charge >= 0.3 is 0 Å². The number of carbonyl (C=O) groups excluding carboxylic acids is 1. The van der Waals surface area contributed by atoms with E-state index in [9.17, 15) is 23.3 Å². The molecule has 0 spiro atoms. The Morgan fingerprint density at radius 3 is 2.31 bits per heavy atom. The van der Waals surface area contributed by atoms with Crippen LogP contribution >= 0.6 is 0 Å². The lowest BCUT2D eigenvalue weighted by Gasteiger charge is -2.13.